The lowest BCUT2D eigenvalue weighted by Crippen LogP contribution is -2.52. The average molecular weight is 430 g/mol. The molecule has 0 N–H and O–H groups in total. The number of rotatable bonds is 4. The van der Waals surface area contributed by atoms with Gasteiger partial charge in [-0.3, -0.25) is 14.7 Å². The van der Waals surface area contributed by atoms with Crippen LogP contribution in [0.1, 0.15) is 40.9 Å². The van der Waals surface area contributed by atoms with Crippen LogP contribution in [0.2, 0.25) is 0 Å². The van der Waals surface area contributed by atoms with E-state index < -0.39 is 0 Å². The molecule has 6 nitrogen and oxygen atoms in total. The van der Waals surface area contributed by atoms with Crippen molar-refractivity contribution in [3.63, 3.8) is 0 Å². The first-order valence-electron chi connectivity index (χ1n) is 10.8. The number of fused-ring (bicyclic) bond motifs is 1. The largest absolute Gasteiger partial charge is 0.465 e. The van der Waals surface area contributed by atoms with Crippen LogP contribution >= 0.6 is 0 Å². The summed E-state index contributed by atoms with van der Waals surface area (Å²) in [5.41, 5.74) is 3.46. The zero-order valence-electron chi connectivity index (χ0n) is 18.5. The van der Waals surface area contributed by atoms with Gasteiger partial charge in [0.05, 0.1) is 31.2 Å². The SMILES string of the molecule is COC(=O)c1ccc(C(C)N2CN=C3CCN(CC#Cc4ccccc4)CC3C2=O)cc1. The summed E-state index contributed by atoms with van der Waals surface area (Å²) < 4.78 is 4.76. The summed E-state index contributed by atoms with van der Waals surface area (Å²) in [7, 11) is 1.36. The van der Waals surface area contributed by atoms with Crippen LogP contribution in [-0.4, -0.2) is 60.8 Å². The molecule has 2 atom stereocenters. The topological polar surface area (TPSA) is 62.2 Å². The van der Waals surface area contributed by atoms with Gasteiger partial charge in [0.15, 0.2) is 0 Å². The van der Waals surface area contributed by atoms with E-state index in [1.54, 1.807) is 12.1 Å². The molecule has 0 bridgehead atoms. The van der Waals surface area contributed by atoms with E-state index in [9.17, 15) is 9.59 Å². The predicted octanol–water partition coefficient (Wildman–Crippen LogP) is 3.15. The summed E-state index contributed by atoms with van der Waals surface area (Å²) in [6.07, 6.45) is 0.805. The molecule has 1 saturated heterocycles. The van der Waals surface area contributed by atoms with Crippen molar-refractivity contribution in [2.75, 3.05) is 33.4 Å². The van der Waals surface area contributed by atoms with Crippen molar-refractivity contribution in [3.05, 3.63) is 71.3 Å². The van der Waals surface area contributed by atoms with Crippen LogP contribution < -0.4 is 0 Å². The van der Waals surface area contributed by atoms with Gasteiger partial charge in [-0.1, -0.05) is 42.2 Å². The third kappa shape index (κ3) is 4.74. The monoisotopic (exact) mass is 429 g/mol. The number of amides is 1. The first kappa shape index (κ1) is 21.8. The molecule has 164 valence electrons. The average Bonchev–Trinajstić information content (AvgIpc) is 2.84. The molecule has 2 aromatic carbocycles. The maximum Gasteiger partial charge on any atom is 0.337 e. The number of aliphatic imine (C=N–C) groups is 1. The molecule has 2 aromatic rings. The molecule has 6 heteroatoms. The fraction of sp³-hybridized carbons (Fsp3) is 0.346. The number of nitrogens with zero attached hydrogens (tertiary/aromatic N) is 3. The molecule has 2 aliphatic rings. The highest BCUT2D eigenvalue weighted by molar-refractivity contribution is 6.06. The van der Waals surface area contributed by atoms with Crippen molar-refractivity contribution in [2.45, 2.75) is 19.4 Å². The van der Waals surface area contributed by atoms with Crippen molar-refractivity contribution in [1.82, 2.24) is 9.80 Å². The molecule has 0 saturated carbocycles. The molecule has 1 fully saturated rings. The first-order valence-corrected chi connectivity index (χ1v) is 10.8. The predicted molar refractivity (Wildman–Crippen MR) is 123 cm³/mol. The number of carbonyl (C=O) groups excluding carboxylic acids is 2. The zero-order valence-corrected chi connectivity index (χ0v) is 18.5. The number of esters is 1. The van der Waals surface area contributed by atoms with Crippen LogP contribution in [0.15, 0.2) is 59.6 Å². The molecule has 2 unspecified atom stereocenters. The van der Waals surface area contributed by atoms with E-state index in [1.807, 2.05) is 54.3 Å². The second-order valence-corrected chi connectivity index (χ2v) is 8.09. The molecule has 2 aliphatic heterocycles. The van der Waals surface area contributed by atoms with E-state index in [0.29, 0.717) is 25.3 Å². The zero-order chi connectivity index (χ0) is 22.5. The van der Waals surface area contributed by atoms with Gasteiger partial charge >= 0.3 is 5.97 Å². The summed E-state index contributed by atoms with van der Waals surface area (Å²) in [5, 5.41) is 0. The Labute approximate surface area is 188 Å². The van der Waals surface area contributed by atoms with Crippen LogP contribution in [0.5, 0.6) is 0 Å². The van der Waals surface area contributed by atoms with Crippen molar-refractivity contribution in [1.29, 1.82) is 0 Å². The Morgan fingerprint density at radius 2 is 1.94 bits per heavy atom. The molecule has 0 radical (unpaired) electrons. The lowest BCUT2D eigenvalue weighted by Gasteiger charge is -2.40. The smallest absolute Gasteiger partial charge is 0.337 e. The number of benzene rings is 2. The van der Waals surface area contributed by atoms with Crippen molar-refractivity contribution in [2.24, 2.45) is 10.9 Å². The lowest BCUT2D eigenvalue weighted by atomic mass is 9.91. The normalized spacial score (nSPS) is 19.3. The summed E-state index contributed by atoms with van der Waals surface area (Å²) in [6.45, 7) is 4.52. The highest BCUT2D eigenvalue weighted by Gasteiger charge is 2.38. The summed E-state index contributed by atoms with van der Waals surface area (Å²) in [5.74, 6) is 5.95. The molecule has 32 heavy (non-hydrogen) atoms. The van der Waals surface area contributed by atoms with Gasteiger partial charge in [-0.25, -0.2) is 4.79 Å². The fourth-order valence-electron chi connectivity index (χ4n) is 4.18. The summed E-state index contributed by atoms with van der Waals surface area (Å²) >= 11 is 0. The van der Waals surface area contributed by atoms with Crippen LogP contribution in [0, 0.1) is 17.8 Å². The quantitative estimate of drug-likeness (QED) is 0.553. The third-order valence-corrected chi connectivity index (χ3v) is 6.13. The molecule has 1 amide bonds. The first-order chi connectivity index (χ1) is 15.6. The molecular formula is C26H27N3O3. The van der Waals surface area contributed by atoms with E-state index in [4.69, 9.17) is 9.73 Å². The van der Waals surface area contributed by atoms with Gasteiger partial charge < -0.3 is 9.64 Å². The van der Waals surface area contributed by atoms with Gasteiger partial charge in [-0.05, 0) is 43.2 Å². The van der Waals surface area contributed by atoms with Gasteiger partial charge in [0.25, 0.3) is 0 Å². The van der Waals surface area contributed by atoms with Gasteiger partial charge in [0.1, 0.15) is 6.67 Å². The van der Waals surface area contributed by atoms with E-state index >= 15 is 0 Å². The standard InChI is InChI=1S/C26H27N3O3/c1-19(21-10-12-22(13-11-21)26(31)32-2)29-18-27-24-14-16-28(17-23(24)25(29)30)15-6-9-20-7-4-3-5-8-20/h3-5,7-8,10-13,19,23H,14-18H2,1-2H3. The highest BCUT2D eigenvalue weighted by atomic mass is 16.5. The number of hydrogen-bond acceptors (Lipinski definition) is 5. The van der Waals surface area contributed by atoms with E-state index in [0.717, 1.165) is 29.8 Å². The Kier molecular flexibility index (Phi) is 6.67. The van der Waals surface area contributed by atoms with Crippen LogP contribution in [0.3, 0.4) is 0 Å². The summed E-state index contributed by atoms with van der Waals surface area (Å²) in [6, 6.07) is 17.0. The van der Waals surface area contributed by atoms with Crippen molar-refractivity contribution < 1.29 is 14.3 Å². The Balaban J connectivity index is 1.41. The molecule has 0 aromatic heterocycles. The molecule has 0 spiro atoms. The summed E-state index contributed by atoms with van der Waals surface area (Å²) in [4.78, 5) is 33.8. The minimum absolute atomic E-state index is 0.111. The second kappa shape index (κ2) is 9.80. The third-order valence-electron chi connectivity index (χ3n) is 6.13. The Bertz CT molecular complexity index is 1070. The number of methoxy groups -OCH3 is 1. The maximum atomic E-state index is 13.3. The number of carbonyl (C=O) groups is 2. The number of piperidine rings is 1. The molecule has 0 aliphatic carbocycles. The molecule has 4 rings (SSSR count). The highest BCUT2D eigenvalue weighted by Crippen LogP contribution is 2.28. The number of hydrogen-bond donors (Lipinski definition) is 0. The Hall–Kier alpha value is -3.43. The van der Waals surface area contributed by atoms with Gasteiger partial charge in [-0.2, -0.15) is 0 Å². The molecule has 2 heterocycles. The number of likely N-dealkylation sites (tertiary alicyclic amines) is 1. The Morgan fingerprint density at radius 3 is 2.66 bits per heavy atom. The lowest BCUT2D eigenvalue weighted by molar-refractivity contribution is -0.137. The van der Waals surface area contributed by atoms with E-state index in [2.05, 4.69) is 16.7 Å². The van der Waals surface area contributed by atoms with Crippen molar-refractivity contribution >= 4 is 17.6 Å². The van der Waals surface area contributed by atoms with Crippen LogP contribution in [-0.2, 0) is 9.53 Å². The minimum Gasteiger partial charge on any atom is -0.465 e. The van der Waals surface area contributed by atoms with Crippen LogP contribution in [0.25, 0.3) is 0 Å². The Morgan fingerprint density at radius 1 is 1.19 bits per heavy atom. The number of ether oxygens (including phenoxy) is 1. The van der Waals surface area contributed by atoms with E-state index in [-0.39, 0.29) is 23.8 Å². The fourth-order valence-corrected chi connectivity index (χ4v) is 4.18. The second-order valence-electron chi connectivity index (χ2n) is 8.09. The minimum atomic E-state index is -0.370. The van der Waals surface area contributed by atoms with E-state index in [1.165, 1.54) is 7.11 Å². The van der Waals surface area contributed by atoms with Crippen LogP contribution in [0.4, 0.5) is 0 Å². The van der Waals surface area contributed by atoms with Gasteiger partial charge in [0.2, 0.25) is 5.91 Å². The molecular weight excluding hydrogens is 402 g/mol. The van der Waals surface area contributed by atoms with Gasteiger partial charge in [0, 0.05) is 24.4 Å². The maximum absolute atomic E-state index is 13.3. The van der Waals surface area contributed by atoms with Gasteiger partial charge in [-0.15, -0.1) is 0 Å². The van der Waals surface area contributed by atoms with Crippen molar-refractivity contribution in [3.8, 4) is 11.8 Å².